The van der Waals surface area contributed by atoms with Crippen LogP contribution in [-0.2, 0) is 26.2 Å². The molecule has 11 heteroatoms. The van der Waals surface area contributed by atoms with E-state index in [1.807, 2.05) is 13.8 Å². The first-order valence-corrected chi connectivity index (χ1v) is 16.5. The molecular formula is C31H34Cl3N3O4S. The van der Waals surface area contributed by atoms with Crippen molar-refractivity contribution in [3.05, 3.63) is 92.9 Å². The number of anilines is 1. The first kappa shape index (κ1) is 32.1. The van der Waals surface area contributed by atoms with Gasteiger partial charge in [0, 0.05) is 33.2 Å². The summed E-state index contributed by atoms with van der Waals surface area (Å²) in [5.74, 6) is -0.870. The molecule has 2 amide bonds. The Bertz CT molecular complexity index is 1490. The number of aryl methyl sites for hydroxylation is 1. The third kappa shape index (κ3) is 7.59. The molecule has 0 spiro atoms. The van der Waals surface area contributed by atoms with E-state index in [9.17, 15) is 18.0 Å². The largest absolute Gasteiger partial charge is 0.352 e. The number of amides is 2. The summed E-state index contributed by atoms with van der Waals surface area (Å²) >= 11 is 19.1. The third-order valence-corrected chi connectivity index (χ3v) is 10.2. The summed E-state index contributed by atoms with van der Waals surface area (Å²) in [4.78, 5) is 29.2. The number of hydrogen-bond donors (Lipinski definition) is 1. The summed E-state index contributed by atoms with van der Waals surface area (Å²) in [5.41, 5.74) is 1.62. The Kier molecular flexibility index (Phi) is 10.8. The number of carbonyl (C=O) groups excluding carboxylic acids is 2. The standard InChI is InChI=1S/C31H34Cl3N3O4S/c1-3-29(31(39)35-23-7-4-5-8-23)36(19-26-27(33)9-6-10-28(26)34)30(38)20-37(24-15-13-22(32)14-16-24)42(40,41)25-17-11-21(2)12-18-25/h6,9-18,23,29H,3-5,7-8,19-20H2,1-2H3,(H,35,39). The van der Waals surface area contributed by atoms with Crippen molar-refractivity contribution in [1.29, 1.82) is 0 Å². The molecule has 0 saturated heterocycles. The van der Waals surface area contributed by atoms with Crippen LogP contribution in [0.1, 0.15) is 50.2 Å². The van der Waals surface area contributed by atoms with Crippen LogP contribution in [0.5, 0.6) is 0 Å². The lowest BCUT2D eigenvalue weighted by Gasteiger charge is -2.34. The van der Waals surface area contributed by atoms with Crippen LogP contribution in [0.15, 0.2) is 71.6 Å². The fraction of sp³-hybridized carbons (Fsp3) is 0.355. The van der Waals surface area contributed by atoms with E-state index >= 15 is 0 Å². The highest BCUT2D eigenvalue weighted by molar-refractivity contribution is 7.92. The molecule has 1 aliphatic carbocycles. The minimum atomic E-state index is -4.18. The molecule has 0 aromatic heterocycles. The molecule has 1 atom stereocenters. The lowest BCUT2D eigenvalue weighted by atomic mass is 10.1. The van der Waals surface area contributed by atoms with Crippen molar-refractivity contribution in [2.24, 2.45) is 0 Å². The number of rotatable bonds is 11. The van der Waals surface area contributed by atoms with Crippen molar-refractivity contribution < 1.29 is 18.0 Å². The van der Waals surface area contributed by atoms with Crippen molar-refractivity contribution in [2.75, 3.05) is 10.8 Å². The zero-order valence-corrected chi connectivity index (χ0v) is 26.6. The van der Waals surface area contributed by atoms with Crippen LogP contribution in [-0.4, -0.2) is 43.8 Å². The van der Waals surface area contributed by atoms with Crippen molar-refractivity contribution >= 4 is 62.3 Å². The number of carbonyl (C=O) groups is 2. The van der Waals surface area contributed by atoms with Crippen molar-refractivity contribution in [3.8, 4) is 0 Å². The van der Waals surface area contributed by atoms with Gasteiger partial charge in [-0.2, -0.15) is 0 Å². The van der Waals surface area contributed by atoms with Crippen molar-refractivity contribution in [2.45, 2.75) is 69.5 Å². The average molecular weight is 651 g/mol. The molecule has 224 valence electrons. The van der Waals surface area contributed by atoms with Crippen LogP contribution in [0.2, 0.25) is 15.1 Å². The minimum absolute atomic E-state index is 0.0302. The second-order valence-corrected chi connectivity index (χ2v) is 13.6. The van der Waals surface area contributed by atoms with E-state index in [0.717, 1.165) is 35.6 Å². The highest BCUT2D eigenvalue weighted by atomic mass is 35.5. The summed E-state index contributed by atoms with van der Waals surface area (Å²) in [7, 11) is -4.18. The fourth-order valence-electron chi connectivity index (χ4n) is 5.11. The van der Waals surface area contributed by atoms with Crippen molar-refractivity contribution in [3.63, 3.8) is 0 Å². The molecule has 42 heavy (non-hydrogen) atoms. The van der Waals surface area contributed by atoms with Crippen LogP contribution in [0, 0.1) is 6.92 Å². The summed E-state index contributed by atoms with van der Waals surface area (Å²) in [6, 6.07) is 16.8. The maximum absolute atomic E-state index is 14.2. The Morgan fingerprint density at radius 2 is 1.52 bits per heavy atom. The van der Waals surface area contributed by atoms with Gasteiger partial charge in [0.1, 0.15) is 12.6 Å². The van der Waals surface area contributed by atoms with Gasteiger partial charge in [0.2, 0.25) is 11.8 Å². The smallest absolute Gasteiger partial charge is 0.264 e. The van der Waals surface area contributed by atoms with E-state index in [4.69, 9.17) is 34.8 Å². The van der Waals surface area contributed by atoms with Gasteiger partial charge >= 0.3 is 0 Å². The molecule has 0 bridgehead atoms. The molecular weight excluding hydrogens is 617 g/mol. The Labute approximate surface area is 262 Å². The Morgan fingerprint density at radius 1 is 0.929 bits per heavy atom. The zero-order valence-electron chi connectivity index (χ0n) is 23.5. The molecule has 7 nitrogen and oxygen atoms in total. The highest BCUT2D eigenvalue weighted by Gasteiger charge is 2.35. The van der Waals surface area contributed by atoms with Crippen LogP contribution in [0.3, 0.4) is 0 Å². The molecule has 3 aromatic carbocycles. The predicted molar refractivity (Wildman–Crippen MR) is 169 cm³/mol. The van der Waals surface area contributed by atoms with Crippen LogP contribution >= 0.6 is 34.8 Å². The minimum Gasteiger partial charge on any atom is -0.352 e. The van der Waals surface area contributed by atoms with E-state index in [2.05, 4.69) is 5.32 Å². The van der Waals surface area contributed by atoms with E-state index in [0.29, 0.717) is 27.1 Å². The van der Waals surface area contributed by atoms with E-state index in [-0.39, 0.29) is 29.1 Å². The van der Waals surface area contributed by atoms with Crippen LogP contribution in [0.25, 0.3) is 0 Å². The highest BCUT2D eigenvalue weighted by Crippen LogP contribution is 2.29. The molecule has 0 heterocycles. The summed E-state index contributed by atoms with van der Waals surface area (Å²) in [6.07, 6.45) is 4.13. The van der Waals surface area contributed by atoms with Gasteiger partial charge in [-0.1, -0.05) is 78.3 Å². The lowest BCUT2D eigenvalue weighted by Crippen LogP contribution is -2.53. The number of nitrogens with one attached hydrogen (secondary N) is 1. The van der Waals surface area contributed by atoms with E-state index in [1.54, 1.807) is 54.6 Å². The molecule has 0 aliphatic heterocycles. The first-order valence-electron chi connectivity index (χ1n) is 13.9. The molecule has 1 N–H and O–H groups in total. The number of hydrogen-bond acceptors (Lipinski definition) is 4. The van der Waals surface area contributed by atoms with Gasteiger partial charge < -0.3 is 10.2 Å². The van der Waals surface area contributed by atoms with Gasteiger partial charge in [0.05, 0.1) is 10.6 Å². The molecule has 4 rings (SSSR count). The molecule has 1 fully saturated rings. The van der Waals surface area contributed by atoms with Gasteiger partial charge in [-0.15, -0.1) is 0 Å². The number of nitrogens with zero attached hydrogens (tertiary/aromatic N) is 2. The van der Waals surface area contributed by atoms with Gasteiger partial charge in [-0.05, 0) is 74.7 Å². The molecule has 0 radical (unpaired) electrons. The molecule has 1 saturated carbocycles. The summed E-state index contributed by atoms with van der Waals surface area (Å²) < 4.78 is 29.0. The second kappa shape index (κ2) is 14.1. The Balaban J connectivity index is 1.74. The molecule has 3 aromatic rings. The Hall–Kier alpha value is -2.78. The quantitative estimate of drug-likeness (QED) is 0.242. The van der Waals surface area contributed by atoms with E-state index < -0.39 is 28.5 Å². The normalized spacial score (nSPS) is 14.4. The zero-order chi connectivity index (χ0) is 30.4. The monoisotopic (exact) mass is 649 g/mol. The van der Waals surface area contributed by atoms with Crippen molar-refractivity contribution in [1.82, 2.24) is 10.2 Å². The number of halogens is 3. The number of sulfonamides is 1. The first-order chi connectivity index (χ1) is 20.0. The third-order valence-electron chi connectivity index (χ3n) is 7.48. The SMILES string of the molecule is CCC(C(=O)NC1CCCC1)N(Cc1c(Cl)cccc1Cl)C(=O)CN(c1ccc(Cl)cc1)S(=O)(=O)c1ccc(C)cc1. The van der Waals surface area contributed by atoms with Gasteiger partial charge in [-0.3, -0.25) is 13.9 Å². The Morgan fingerprint density at radius 3 is 2.10 bits per heavy atom. The van der Waals surface area contributed by atoms with Gasteiger partial charge in [0.15, 0.2) is 0 Å². The predicted octanol–water partition coefficient (Wildman–Crippen LogP) is 7.02. The van der Waals surface area contributed by atoms with E-state index in [1.165, 1.54) is 17.0 Å². The summed E-state index contributed by atoms with van der Waals surface area (Å²) in [6.45, 7) is 3.03. The topological polar surface area (TPSA) is 86.8 Å². The average Bonchev–Trinajstić information content (AvgIpc) is 3.47. The summed E-state index contributed by atoms with van der Waals surface area (Å²) in [5, 5.41) is 4.19. The maximum Gasteiger partial charge on any atom is 0.264 e. The second-order valence-electron chi connectivity index (χ2n) is 10.4. The molecule has 1 aliphatic rings. The fourth-order valence-corrected chi connectivity index (χ4v) is 7.17. The van der Waals surface area contributed by atoms with Gasteiger partial charge in [-0.25, -0.2) is 8.42 Å². The van der Waals surface area contributed by atoms with Crippen LogP contribution < -0.4 is 9.62 Å². The van der Waals surface area contributed by atoms with Crippen LogP contribution in [0.4, 0.5) is 5.69 Å². The molecule has 1 unspecified atom stereocenters. The maximum atomic E-state index is 14.2. The lowest BCUT2D eigenvalue weighted by molar-refractivity contribution is -0.140. The number of benzene rings is 3. The van der Waals surface area contributed by atoms with Gasteiger partial charge in [0.25, 0.3) is 10.0 Å².